The molecule has 0 amide bonds. The molecule has 7 heteroatoms. The van der Waals surface area contributed by atoms with Gasteiger partial charge < -0.3 is 10.1 Å². The highest BCUT2D eigenvalue weighted by Crippen LogP contribution is 2.28. The fraction of sp³-hybridized carbons (Fsp3) is 0.143. The number of hydrogen-bond donors (Lipinski definition) is 1. The molecule has 0 aliphatic heterocycles. The average molecular weight is 435 g/mol. The first kappa shape index (κ1) is 16.3. The summed E-state index contributed by atoms with van der Waals surface area (Å²) in [6, 6.07) is 8.14. The Labute approximate surface area is 144 Å². The lowest BCUT2D eigenvalue weighted by Gasteiger charge is -2.18. The molecule has 1 atom stereocenters. The lowest BCUT2D eigenvalue weighted by Crippen LogP contribution is -2.23. The summed E-state index contributed by atoms with van der Waals surface area (Å²) < 4.78 is 6.36. The minimum Gasteiger partial charge on any atom is -0.467 e. The van der Waals surface area contributed by atoms with Crippen LogP contribution in [0.15, 0.2) is 45.5 Å². The predicted molar refractivity (Wildman–Crippen MR) is 89.5 cm³/mol. The van der Waals surface area contributed by atoms with E-state index >= 15 is 0 Å². The van der Waals surface area contributed by atoms with Crippen molar-refractivity contribution in [1.82, 2.24) is 4.98 Å². The van der Waals surface area contributed by atoms with Gasteiger partial charge in [0.25, 0.3) is 0 Å². The fourth-order valence-corrected chi connectivity index (χ4v) is 3.05. The van der Waals surface area contributed by atoms with Crippen LogP contribution in [0.5, 0.6) is 0 Å². The van der Waals surface area contributed by atoms with E-state index in [0.29, 0.717) is 15.2 Å². The minimum absolute atomic E-state index is 0.430. The smallest absolute Gasteiger partial charge is 0.334 e. The average Bonchev–Trinajstić information content (AvgIpc) is 2.47. The number of methoxy groups -OCH3 is 1. The van der Waals surface area contributed by atoms with Gasteiger partial charge in [0, 0.05) is 25.9 Å². The molecule has 2 rings (SSSR count). The maximum atomic E-state index is 12.0. The van der Waals surface area contributed by atoms with Crippen molar-refractivity contribution in [2.75, 3.05) is 12.4 Å². The molecule has 0 bridgehead atoms. The molecule has 0 aliphatic rings. The van der Waals surface area contributed by atoms with Crippen LogP contribution in [0.3, 0.4) is 0 Å². The molecule has 4 nitrogen and oxygen atoms in total. The van der Waals surface area contributed by atoms with E-state index in [-0.39, 0.29) is 0 Å². The van der Waals surface area contributed by atoms with Gasteiger partial charge in [0.2, 0.25) is 0 Å². The Morgan fingerprint density at radius 3 is 2.57 bits per heavy atom. The van der Waals surface area contributed by atoms with Crippen LogP contribution < -0.4 is 5.32 Å². The zero-order valence-electron chi connectivity index (χ0n) is 10.9. The maximum Gasteiger partial charge on any atom is 0.334 e. The number of nitrogens with zero attached hydrogens (tertiary/aromatic N) is 1. The van der Waals surface area contributed by atoms with E-state index in [1.165, 1.54) is 7.11 Å². The van der Waals surface area contributed by atoms with E-state index in [2.05, 4.69) is 42.2 Å². The van der Waals surface area contributed by atoms with Crippen LogP contribution in [0.4, 0.5) is 5.69 Å². The van der Waals surface area contributed by atoms with Gasteiger partial charge in [0.05, 0.1) is 12.8 Å². The number of pyridine rings is 1. The Hall–Kier alpha value is -1.11. The first-order valence-corrected chi connectivity index (χ1v) is 7.88. The van der Waals surface area contributed by atoms with Crippen LogP contribution in [-0.2, 0) is 9.53 Å². The largest absolute Gasteiger partial charge is 0.467 e. The van der Waals surface area contributed by atoms with Gasteiger partial charge in [0.15, 0.2) is 6.04 Å². The Morgan fingerprint density at radius 1 is 1.33 bits per heavy atom. The van der Waals surface area contributed by atoms with E-state index < -0.39 is 12.0 Å². The van der Waals surface area contributed by atoms with Crippen molar-refractivity contribution < 1.29 is 9.53 Å². The van der Waals surface area contributed by atoms with E-state index in [9.17, 15) is 4.79 Å². The topological polar surface area (TPSA) is 51.2 Å². The first-order chi connectivity index (χ1) is 10.0. The second kappa shape index (κ2) is 7.24. The van der Waals surface area contributed by atoms with Crippen LogP contribution in [0.25, 0.3) is 0 Å². The molecule has 1 aromatic heterocycles. The zero-order valence-corrected chi connectivity index (χ0v) is 14.9. The predicted octanol–water partition coefficient (Wildman–Crippen LogP) is 4.59. The quantitative estimate of drug-likeness (QED) is 0.716. The summed E-state index contributed by atoms with van der Waals surface area (Å²) in [5, 5.41) is 3.72. The van der Waals surface area contributed by atoms with Crippen LogP contribution in [0, 0.1) is 0 Å². The monoisotopic (exact) mass is 432 g/mol. The Morgan fingerprint density at radius 2 is 2.00 bits per heavy atom. The molecule has 2 aromatic rings. The highest BCUT2D eigenvalue weighted by molar-refractivity contribution is 9.11. The van der Waals surface area contributed by atoms with Crippen LogP contribution in [-0.4, -0.2) is 18.1 Å². The van der Waals surface area contributed by atoms with Gasteiger partial charge in [0.1, 0.15) is 0 Å². The van der Waals surface area contributed by atoms with E-state index in [1.54, 1.807) is 30.5 Å². The Kier molecular flexibility index (Phi) is 5.61. The van der Waals surface area contributed by atoms with Crippen molar-refractivity contribution in [2.45, 2.75) is 6.04 Å². The number of carbonyl (C=O) groups excluding carboxylic acids is 1. The molecule has 0 aliphatic carbocycles. The number of halogens is 3. The van der Waals surface area contributed by atoms with Gasteiger partial charge >= 0.3 is 5.97 Å². The molecule has 0 saturated carbocycles. The SMILES string of the molecule is COC(=O)C(Nc1ccc(Cl)cc1)c1ncc(Br)cc1Br. The highest BCUT2D eigenvalue weighted by atomic mass is 79.9. The standard InChI is InChI=1S/C14H11Br2ClN2O2/c1-21-14(20)13(12-11(16)6-8(15)7-18-12)19-10-4-2-9(17)3-5-10/h2-7,13,19H,1H3. The molecule has 0 fully saturated rings. The summed E-state index contributed by atoms with van der Waals surface area (Å²) in [7, 11) is 1.34. The lowest BCUT2D eigenvalue weighted by molar-refractivity contribution is -0.141. The summed E-state index contributed by atoms with van der Waals surface area (Å²) in [5.41, 5.74) is 1.28. The highest BCUT2D eigenvalue weighted by Gasteiger charge is 2.25. The van der Waals surface area contributed by atoms with Crippen LogP contribution >= 0.6 is 43.5 Å². The number of esters is 1. The number of hydrogen-bond acceptors (Lipinski definition) is 4. The number of anilines is 1. The molecule has 0 spiro atoms. The van der Waals surface area contributed by atoms with Gasteiger partial charge in [-0.05, 0) is 62.2 Å². The number of ether oxygens (including phenoxy) is 1. The number of aromatic nitrogens is 1. The van der Waals surface area contributed by atoms with Crippen molar-refractivity contribution in [1.29, 1.82) is 0 Å². The van der Waals surface area contributed by atoms with Crippen LogP contribution in [0.2, 0.25) is 5.02 Å². The second-order valence-corrected chi connectivity index (χ2v) is 6.33. The lowest BCUT2D eigenvalue weighted by atomic mass is 10.1. The summed E-state index contributed by atoms with van der Waals surface area (Å²) in [5.74, 6) is -0.430. The normalized spacial score (nSPS) is 11.8. The number of nitrogens with one attached hydrogen (secondary N) is 1. The van der Waals surface area contributed by atoms with E-state index in [4.69, 9.17) is 16.3 Å². The summed E-state index contributed by atoms with van der Waals surface area (Å²) in [6.07, 6.45) is 1.62. The minimum atomic E-state index is -0.723. The molecule has 1 N–H and O–H groups in total. The van der Waals surface area contributed by atoms with E-state index in [0.717, 1.165) is 10.2 Å². The summed E-state index contributed by atoms with van der Waals surface area (Å²) in [4.78, 5) is 16.3. The first-order valence-electron chi connectivity index (χ1n) is 5.92. The van der Waals surface area contributed by atoms with Gasteiger partial charge in [-0.3, -0.25) is 4.98 Å². The van der Waals surface area contributed by atoms with Crippen molar-refractivity contribution in [3.8, 4) is 0 Å². The van der Waals surface area contributed by atoms with Crippen molar-refractivity contribution >= 4 is 55.1 Å². The molecule has 0 radical (unpaired) electrons. The number of rotatable bonds is 4. The Bertz CT molecular complexity index is 650. The molecule has 1 heterocycles. The number of benzene rings is 1. The van der Waals surface area contributed by atoms with Crippen molar-refractivity contribution in [3.63, 3.8) is 0 Å². The summed E-state index contributed by atoms with van der Waals surface area (Å²) in [6.45, 7) is 0. The molecule has 110 valence electrons. The molecule has 0 saturated heterocycles. The second-order valence-electron chi connectivity index (χ2n) is 4.13. The van der Waals surface area contributed by atoms with Crippen molar-refractivity contribution in [2.24, 2.45) is 0 Å². The molecular formula is C14H11Br2ClN2O2. The third-order valence-corrected chi connectivity index (χ3v) is 4.02. The molecule has 1 unspecified atom stereocenters. The van der Waals surface area contributed by atoms with Gasteiger partial charge in [-0.15, -0.1) is 0 Å². The zero-order chi connectivity index (χ0) is 15.4. The Balaban J connectivity index is 2.34. The van der Waals surface area contributed by atoms with Gasteiger partial charge in [-0.25, -0.2) is 4.79 Å². The van der Waals surface area contributed by atoms with Crippen LogP contribution in [0.1, 0.15) is 11.7 Å². The maximum absolute atomic E-state index is 12.0. The third-order valence-electron chi connectivity index (χ3n) is 2.70. The van der Waals surface area contributed by atoms with E-state index in [1.807, 2.05) is 6.07 Å². The molecular weight excluding hydrogens is 423 g/mol. The summed E-state index contributed by atoms with van der Waals surface area (Å²) >= 11 is 12.6. The number of carbonyl (C=O) groups is 1. The fourth-order valence-electron chi connectivity index (χ4n) is 1.71. The van der Waals surface area contributed by atoms with Gasteiger partial charge in [-0.1, -0.05) is 11.6 Å². The van der Waals surface area contributed by atoms with Crippen molar-refractivity contribution in [3.05, 3.63) is 56.2 Å². The van der Waals surface area contributed by atoms with Gasteiger partial charge in [-0.2, -0.15) is 0 Å². The molecule has 1 aromatic carbocycles. The third kappa shape index (κ3) is 4.18. The molecule has 21 heavy (non-hydrogen) atoms.